The van der Waals surface area contributed by atoms with Gasteiger partial charge in [-0.3, -0.25) is 24.1 Å². The fourth-order valence-electron chi connectivity index (χ4n) is 5.94. The number of amides is 5. The number of imide groups is 1. The van der Waals surface area contributed by atoms with E-state index in [0.29, 0.717) is 29.3 Å². The zero-order valence-corrected chi connectivity index (χ0v) is 33.1. The third-order valence-electron chi connectivity index (χ3n) is 10.1. The van der Waals surface area contributed by atoms with Crippen molar-refractivity contribution in [2.24, 2.45) is 5.41 Å². The number of nitrogens with one attached hydrogen (secondary N) is 2. The van der Waals surface area contributed by atoms with Crippen molar-refractivity contribution < 1.29 is 28.7 Å². The number of carbonyl (C=O) groups excluding carboxylic acids is 5. The molecular weight excluding hydrogens is 692 g/mol. The topological polar surface area (TPSA) is 125 Å². The Morgan fingerprint density at radius 2 is 1.42 bits per heavy atom. The first kappa shape index (κ1) is 41.1. The molecule has 53 heavy (non-hydrogen) atoms. The van der Waals surface area contributed by atoms with Crippen LogP contribution in [0.15, 0.2) is 72.8 Å². The number of rotatable bonds is 15. The average Bonchev–Trinajstić information content (AvgIpc) is 3.42. The Balaban J connectivity index is 1.43. The molecule has 0 radical (unpaired) electrons. The van der Waals surface area contributed by atoms with Crippen molar-refractivity contribution in [3.05, 3.63) is 83.9 Å². The first-order valence-electron chi connectivity index (χ1n) is 18.2. The number of halogens is 1. The molecule has 0 spiro atoms. The minimum Gasteiger partial charge on any atom is -0.493 e. The Bertz CT molecular complexity index is 1850. The second-order valence-electron chi connectivity index (χ2n) is 15.9. The van der Waals surface area contributed by atoms with Crippen LogP contribution in [0.5, 0.6) is 5.75 Å². The molecule has 0 aliphatic carbocycles. The first-order valence-corrected chi connectivity index (χ1v) is 18.6. The lowest BCUT2D eigenvalue weighted by Gasteiger charge is -2.36. The minimum atomic E-state index is -2.69. The number of urea groups is 1. The van der Waals surface area contributed by atoms with E-state index in [-0.39, 0.29) is 28.8 Å². The molecule has 1 aliphatic heterocycles. The molecule has 1 fully saturated rings. The van der Waals surface area contributed by atoms with Gasteiger partial charge in [-0.2, -0.15) is 0 Å². The summed E-state index contributed by atoms with van der Waals surface area (Å²) in [6, 6.07) is 20.3. The minimum absolute atomic E-state index is 0.0444. The molecule has 2 N–H and O–H groups in total. The maximum Gasteiger partial charge on any atom is 0.334 e. The van der Waals surface area contributed by atoms with Crippen molar-refractivity contribution >= 4 is 58.2 Å². The van der Waals surface area contributed by atoms with Gasteiger partial charge >= 0.3 is 6.03 Å². The number of ketones is 1. The van der Waals surface area contributed by atoms with Crippen molar-refractivity contribution in [1.29, 1.82) is 0 Å². The van der Waals surface area contributed by atoms with Crippen LogP contribution < -0.4 is 20.3 Å². The molecule has 11 heteroatoms. The van der Waals surface area contributed by atoms with Gasteiger partial charge in [0.25, 0.3) is 16.8 Å². The Morgan fingerprint density at radius 3 is 2.02 bits per heavy atom. The zero-order valence-electron chi connectivity index (χ0n) is 32.4. The van der Waals surface area contributed by atoms with Crippen molar-refractivity contribution in [2.75, 3.05) is 28.7 Å². The highest BCUT2D eigenvalue weighted by Crippen LogP contribution is 2.39. The largest absolute Gasteiger partial charge is 0.493 e. The predicted molar refractivity (Wildman–Crippen MR) is 211 cm³/mol. The summed E-state index contributed by atoms with van der Waals surface area (Å²) in [5.74, 6) is -2.14. The molecule has 1 heterocycles. The van der Waals surface area contributed by atoms with Crippen LogP contribution in [0.3, 0.4) is 0 Å². The van der Waals surface area contributed by atoms with Gasteiger partial charge in [-0.05, 0) is 72.1 Å². The van der Waals surface area contributed by atoms with Crippen molar-refractivity contribution in [3.63, 3.8) is 0 Å². The van der Waals surface area contributed by atoms with Gasteiger partial charge in [0.05, 0.1) is 6.61 Å². The van der Waals surface area contributed by atoms with E-state index < -0.39 is 40.6 Å². The lowest BCUT2D eigenvalue weighted by atomic mass is 9.76. The van der Waals surface area contributed by atoms with Crippen LogP contribution in [0.1, 0.15) is 99.1 Å². The van der Waals surface area contributed by atoms with Crippen LogP contribution in [-0.4, -0.2) is 52.6 Å². The van der Waals surface area contributed by atoms with Crippen LogP contribution in [0, 0.1) is 5.41 Å². The maximum atomic E-state index is 13.9. The van der Waals surface area contributed by atoms with Crippen molar-refractivity contribution in [3.8, 4) is 5.75 Å². The van der Waals surface area contributed by atoms with Gasteiger partial charge < -0.3 is 15.4 Å². The lowest BCUT2D eigenvalue weighted by molar-refractivity contribution is -0.145. The summed E-state index contributed by atoms with van der Waals surface area (Å²) in [6.07, 6.45) is 2.62. The summed E-state index contributed by atoms with van der Waals surface area (Å²) >= 11 is 6.85. The van der Waals surface area contributed by atoms with Gasteiger partial charge in [-0.1, -0.05) is 110 Å². The number of para-hydroxylation sites is 1. The maximum absolute atomic E-state index is 13.9. The molecule has 284 valence electrons. The molecule has 0 bridgehead atoms. The van der Waals surface area contributed by atoms with E-state index in [1.165, 1.54) is 16.5 Å². The smallest absolute Gasteiger partial charge is 0.334 e. The second-order valence-corrected chi connectivity index (χ2v) is 16.4. The fourth-order valence-corrected chi connectivity index (χ4v) is 6.44. The zero-order chi connectivity index (χ0) is 39.4. The van der Waals surface area contributed by atoms with Gasteiger partial charge in [0.2, 0.25) is 5.91 Å². The molecule has 1 aliphatic rings. The van der Waals surface area contributed by atoms with E-state index in [0.717, 1.165) is 24.2 Å². The van der Waals surface area contributed by atoms with Crippen LogP contribution >= 0.6 is 11.6 Å². The van der Waals surface area contributed by atoms with Crippen LogP contribution in [0.4, 0.5) is 21.9 Å². The monoisotopic (exact) mass is 744 g/mol. The van der Waals surface area contributed by atoms with E-state index in [4.69, 9.17) is 16.3 Å². The SMILES string of the molecule is CCC(C)(C)c1ccc(OCCCC(=O)Nc2cccc(NC(=O)C(Cl)(C(=O)C(C)(C)C)N3C(=O)CN(c4ccccc4)C3=O)c2)c(C(C)(C)CC)c1. The summed E-state index contributed by atoms with van der Waals surface area (Å²) in [6.45, 7) is 17.9. The molecule has 1 saturated heterocycles. The predicted octanol–water partition coefficient (Wildman–Crippen LogP) is 8.82. The first-order chi connectivity index (χ1) is 24.8. The van der Waals surface area contributed by atoms with Crippen LogP contribution in [-0.2, 0) is 30.0 Å². The molecule has 5 amide bonds. The molecule has 3 aromatic carbocycles. The summed E-state index contributed by atoms with van der Waals surface area (Å²) in [4.78, 5) is 66.6. The highest BCUT2D eigenvalue weighted by atomic mass is 35.5. The highest BCUT2D eigenvalue weighted by molar-refractivity contribution is 6.50. The normalized spacial score (nSPS) is 14.9. The van der Waals surface area contributed by atoms with E-state index in [1.54, 1.807) is 69.3 Å². The molecule has 0 saturated carbocycles. The number of anilines is 3. The number of nitrogens with zero attached hydrogens (tertiary/aromatic N) is 2. The second kappa shape index (κ2) is 16.1. The Morgan fingerprint density at radius 1 is 0.792 bits per heavy atom. The van der Waals surface area contributed by atoms with E-state index in [2.05, 4.69) is 64.3 Å². The Hall–Kier alpha value is -4.70. The molecule has 0 aromatic heterocycles. The van der Waals surface area contributed by atoms with Gasteiger partial charge in [-0.25, -0.2) is 9.69 Å². The third kappa shape index (κ3) is 9.10. The number of hydrogen-bond acceptors (Lipinski definition) is 6. The Kier molecular flexibility index (Phi) is 12.5. The van der Waals surface area contributed by atoms with Crippen molar-refractivity contribution in [1.82, 2.24) is 4.90 Å². The summed E-state index contributed by atoms with van der Waals surface area (Å²) in [7, 11) is 0. The van der Waals surface area contributed by atoms with E-state index >= 15 is 0 Å². The third-order valence-corrected chi connectivity index (χ3v) is 10.6. The molecule has 3 aromatic rings. The number of alkyl halides is 1. The highest BCUT2D eigenvalue weighted by Gasteiger charge is 2.60. The van der Waals surface area contributed by atoms with Crippen molar-refractivity contribution in [2.45, 2.75) is 104 Å². The van der Waals surface area contributed by atoms with Gasteiger partial charge in [0.15, 0.2) is 5.78 Å². The lowest BCUT2D eigenvalue weighted by Crippen LogP contribution is -2.63. The molecule has 10 nitrogen and oxygen atoms in total. The molecule has 4 rings (SSSR count). The summed E-state index contributed by atoms with van der Waals surface area (Å²) in [5, 5.41) is 5.44. The van der Waals surface area contributed by atoms with E-state index in [1.807, 2.05) is 6.07 Å². The number of Topliss-reactive ketones (excluding diaryl/α,β-unsaturated/α-hetero) is 1. The number of benzene rings is 3. The molecular formula is C42H53ClN4O6. The average molecular weight is 745 g/mol. The number of carbonyl (C=O) groups is 5. The van der Waals surface area contributed by atoms with Gasteiger partial charge in [0.1, 0.15) is 12.3 Å². The quantitative estimate of drug-likeness (QED) is 0.0527. The summed E-state index contributed by atoms with van der Waals surface area (Å²) < 4.78 is 6.23. The standard InChI is InChI=1S/C42H53ClN4O6/c1-10-40(6,7)28-22-23-33(32(25-28)41(8,9)11-2)53-24-16-21-34(48)44-29-17-15-18-30(26-29)45-37(51)42(43,36(50)39(3,4)5)47-35(49)27-46(38(47)52)31-19-13-12-14-20-31/h12-15,17-20,22-23,25-26H,10-11,16,21,24,27H2,1-9H3,(H,44,48)(H,45,51). The van der Waals surface area contributed by atoms with Gasteiger partial charge in [0, 0.05) is 34.5 Å². The van der Waals surface area contributed by atoms with Crippen LogP contribution in [0.25, 0.3) is 0 Å². The Labute approximate surface area is 318 Å². The fraction of sp³-hybridized carbons (Fsp3) is 0.452. The van der Waals surface area contributed by atoms with E-state index in [9.17, 15) is 24.0 Å². The number of ether oxygens (including phenoxy) is 1. The van der Waals surface area contributed by atoms with Crippen LogP contribution in [0.2, 0.25) is 0 Å². The molecule has 1 unspecified atom stereocenters. The summed E-state index contributed by atoms with van der Waals surface area (Å²) in [5.41, 5.74) is 2.18. The molecule has 1 atom stereocenters. The number of hydrogen-bond donors (Lipinski definition) is 2. The van der Waals surface area contributed by atoms with Gasteiger partial charge in [-0.15, -0.1) is 0 Å².